The van der Waals surface area contributed by atoms with Crippen molar-refractivity contribution in [3.8, 4) is 0 Å². The smallest absolute Gasteiger partial charge is 0 e. The summed E-state index contributed by atoms with van der Waals surface area (Å²) in [5.41, 5.74) is 0. The minimum Gasteiger partial charge on any atom is 0 e. The van der Waals surface area contributed by atoms with Crippen LogP contribution in [0.15, 0.2) is 0 Å². The van der Waals surface area contributed by atoms with Gasteiger partial charge < -0.3 is 0 Å². The fourth-order valence-electron chi connectivity index (χ4n) is 0. The molecule has 0 bridgehead atoms. The van der Waals surface area contributed by atoms with Gasteiger partial charge in [0.05, 0.1) is 0 Å². The van der Waals surface area contributed by atoms with E-state index in [0.717, 1.165) is 0 Å². The molecule has 0 aliphatic carbocycles. The van der Waals surface area contributed by atoms with Crippen molar-refractivity contribution in [2.45, 2.75) is 0 Å². The van der Waals surface area contributed by atoms with E-state index in [2.05, 4.69) is 0 Å². The minimum atomic E-state index is 0. The van der Waals surface area contributed by atoms with E-state index in [-0.39, 0.29) is 133 Å². The number of rotatable bonds is 0. The van der Waals surface area contributed by atoms with Crippen molar-refractivity contribution in [3.05, 3.63) is 0 Å². The van der Waals surface area contributed by atoms with Crippen LogP contribution < -0.4 is 0 Å². The summed E-state index contributed by atoms with van der Waals surface area (Å²) in [4.78, 5) is 0. The molecule has 0 aromatic heterocycles. The largest absolute Gasteiger partial charge is 0 e. The fourth-order valence-corrected chi connectivity index (χ4v) is 0. The molecule has 0 nitrogen and oxygen atoms in total. The molecule has 0 aliphatic heterocycles. The Balaban J connectivity index is 0. The first-order chi connectivity index (χ1) is 0. The molecular weight excluding hydrogens is 423 g/mol. The van der Waals surface area contributed by atoms with Gasteiger partial charge in [0.1, 0.15) is 0 Å². The molecule has 0 aliphatic rings. The van der Waals surface area contributed by atoms with E-state index in [1.54, 1.807) is 0 Å². The maximum Gasteiger partial charge on any atom is 0 e. The summed E-state index contributed by atoms with van der Waals surface area (Å²) in [5, 5.41) is 0. The molecule has 0 unspecified atom stereocenters. The molecule has 0 saturated carbocycles. The van der Waals surface area contributed by atoms with Crippen LogP contribution in [-0.4, -0.2) is 19.8 Å². The molecule has 0 fully saturated rings. The summed E-state index contributed by atoms with van der Waals surface area (Å²) in [5.74, 6) is 0. The summed E-state index contributed by atoms with van der Waals surface area (Å²) in [6.07, 6.45) is 0. The van der Waals surface area contributed by atoms with Crippen molar-refractivity contribution in [2.24, 2.45) is 0 Å². The third kappa shape index (κ3) is 17.8. The summed E-state index contributed by atoms with van der Waals surface area (Å²) in [6, 6.07) is 0. The normalized spacial score (nSPS) is 0. The topological polar surface area (TPSA) is 0 Å². The van der Waals surface area contributed by atoms with E-state index in [9.17, 15) is 0 Å². The van der Waals surface area contributed by atoms with Gasteiger partial charge in [-0.1, -0.05) is 0 Å². The maximum absolute atomic E-state index is 0. The maximum atomic E-state index is 0. The average Bonchev–Trinajstić information content (AvgIpc) is 0. The van der Waals surface area contributed by atoms with Gasteiger partial charge in [0.15, 0.2) is 0 Å². The molecule has 0 atom stereocenters. The molecule has 5 radical (unpaired) electrons. The molecule has 27 valence electrons. The van der Waals surface area contributed by atoms with Crippen LogP contribution >= 0.6 is 0 Å². The average molecular weight is 423 g/mol. The third-order valence-corrected chi connectivity index (χ3v) is 0. The Labute approximate surface area is 129 Å². The van der Waals surface area contributed by atoms with Crippen molar-refractivity contribution in [1.29, 1.82) is 0 Å². The zero-order valence-electron chi connectivity index (χ0n) is 2.43. The van der Waals surface area contributed by atoms with Gasteiger partial charge in [-0.3, -0.25) is 0 Å². The van der Waals surface area contributed by atoms with E-state index >= 15 is 0 Å². The van der Waals surface area contributed by atoms with Crippen molar-refractivity contribution >= 4 is 19.8 Å². The Hall–Kier alpha value is 4.39. The predicted molar refractivity (Wildman–Crippen MR) is 5.75 cm³/mol. The van der Waals surface area contributed by atoms with Crippen LogP contribution in [0.5, 0.6) is 0 Å². The quantitative estimate of drug-likeness (QED) is 0.467. The molecule has 5 heavy (non-hydrogen) atoms. The van der Waals surface area contributed by atoms with Crippen molar-refractivity contribution in [3.63, 3.8) is 0 Å². The van der Waals surface area contributed by atoms with Gasteiger partial charge >= 0.3 is 0 Å². The van der Waals surface area contributed by atoms with Crippen LogP contribution in [0, 0.1) is 37.3 Å². The Morgan fingerprint density at radius 1 is 1.00 bits per heavy atom. The summed E-state index contributed by atoms with van der Waals surface area (Å²) in [7, 11) is 0. The number of hydrogen-bond donors (Lipinski definition) is 0. The first kappa shape index (κ1) is 34.3. The van der Waals surface area contributed by atoms with E-state index in [4.69, 9.17) is 0 Å². The SMILES string of the molecule is [Cr].[Er].[Ga].[Sc].[Y]. The van der Waals surface area contributed by atoms with Crippen LogP contribution in [-0.2, 0) is 75.9 Å². The molecule has 0 amide bonds. The van der Waals surface area contributed by atoms with Crippen LogP contribution in [0.4, 0.5) is 0 Å². The molecule has 0 aromatic rings. The van der Waals surface area contributed by atoms with Gasteiger partial charge in [-0.2, -0.15) is 0 Å². The van der Waals surface area contributed by atoms with Crippen molar-refractivity contribution in [1.82, 2.24) is 0 Å². The van der Waals surface area contributed by atoms with Gasteiger partial charge in [0.2, 0.25) is 0 Å². The molecule has 0 N–H and O–H groups in total. The zero-order chi connectivity index (χ0) is 0. The van der Waals surface area contributed by atoms with Gasteiger partial charge in [-0.25, -0.2) is 0 Å². The van der Waals surface area contributed by atoms with Crippen LogP contribution in [0.25, 0.3) is 0 Å². The fraction of sp³-hybridized carbons (Fsp3) is 0. The molecule has 0 heterocycles. The second kappa shape index (κ2) is 23.8. The minimum absolute atomic E-state index is 0. The zero-order valence-corrected chi connectivity index (χ0v) is 12.6. The summed E-state index contributed by atoms with van der Waals surface area (Å²) >= 11 is 0. The third-order valence-electron chi connectivity index (χ3n) is 0. The van der Waals surface area contributed by atoms with Gasteiger partial charge in [-0.15, -0.1) is 0 Å². The first-order valence-corrected chi connectivity index (χ1v) is 0. The summed E-state index contributed by atoms with van der Waals surface area (Å²) in [6.45, 7) is 0. The Bertz CT molecular complexity index is 11.6. The van der Waals surface area contributed by atoms with E-state index < -0.39 is 0 Å². The molecule has 5 heteroatoms. The predicted octanol–water partition coefficient (Wildman–Crippen LogP) is -0.388. The molecule has 0 spiro atoms. The van der Waals surface area contributed by atoms with Crippen LogP contribution in [0.1, 0.15) is 0 Å². The second-order valence-corrected chi connectivity index (χ2v) is 0. The first-order valence-electron chi connectivity index (χ1n) is 0. The van der Waals surface area contributed by atoms with Gasteiger partial charge in [0, 0.05) is 133 Å². The summed E-state index contributed by atoms with van der Waals surface area (Å²) < 4.78 is 0. The monoisotopic (exact) mass is 421 g/mol. The molecule has 0 saturated heterocycles. The Morgan fingerprint density at radius 3 is 1.00 bits per heavy atom. The van der Waals surface area contributed by atoms with Crippen LogP contribution in [0.3, 0.4) is 0 Å². The number of hydrogen-bond acceptors (Lipinski definition) is 0. The molecule has 0 aromatic carbocycles. The Morgan fingerprint density at radius 2 is 1.00 bits per heavy atom. The molecule has 0 rings (SSSR count). The van der Waals surface area contributed by atoms with Crippen molar-refractivity contribution in [2.75, 3.05) is 0 Å². The Kier molecular flexibility index (Phi) is 163. The van der Waals surface area contributed by atoms with Crippen molar-refractivity contribution < 1.29 is 113 Å². The standard InChI is InChI=1S/Cr.Er.Ga.Sc.Y. The van der Waals surface area contributed by atoms with E-state index in [1.807, 2.05) is 0 Å². The molecular formula is CrErGaScY. The van der Waals surface area contributed by atoms with E-state index in [1.165, 1.54) is 0 Å². The van der Waals surface area contributed by atoms with E-state index in [0.29, 0.717) is 0 Å². The van der Waals surface area contributed by atoms with Gasteiger partial charge in [-0.05, 0) is 0 Å². The van der Waals surface area contributed by atoms with Crippen LogP contribution in [0.2, 0.25) is 0 Å². The second-order valence-electron chi connectivity index (χ2n) is 0. The van der Waals surface area contributed by atoms with Gasteiger partial charge in [0.25, 0.3) is 0 Å².